The van der Waals surface area contributed by atoms with Crippen LogP contribution in [-0.2, 0) is 0 Å². The third kappa shape index (κ3) is 2.33. The second-order valence-corrected chi connectivity index (χ2v) is 2.73. The van der Waals surface area contributed by atoms with Gasteiger partial charge in [-0.1, -0.05) is 23.2 Å². The topological polar surface area (TPSA) is 52.0 Å². The Kier molecular flexibility index (Phi) is 3.79. The van der Waals surface area contributed by atoms with Gasteiger partial charge >= 0.3 is 0 Å². The van der Waals surface area contributed by atoms with Crippen LogP contribution >= 0.6 is 35.6 Å². The fourth-order valence-corrected chi connectivity index (χ4v) is 1.11. The first kappa shape index (κ1) is 10.7. The highest BCUT2D eigenvalue weighted by Crippen LogP contribution is 2.28. The largest absolute Gasteiger partial charge is 0.397 e. The molecule has 0 aliphatic heterocycles. The van der Waals surface area contributed by atoms with Crippen LogP contribution in [0.1, 0.15) is 0 Å². The van der Waals surface area contributed by atoms with E-state index in [1.807, 2.05) is 0 Å². The molecular weight excluding hydrogens is 206 g/mol. The minimum Gasteiger partial charge on any atom is -0.397 e. The van der Waals surface area contributed by atoms with Gasteiger partial charge in [0.2, 0.25) is 0 Å². The van der Waals surface area contributed by atoms with Crippen LogP contribution in [0.3, 0.4) is 0 Å². The van der Waals surface area contributed by atoms with Crippen molar-refractivity contribution in [3.8, 4) is 0 Å². The molecule has 0 spiro atoms. The zero-order valence-electron chi connectivity index (χ0n) is 5.47. The molecular formula is C6H7Cl3N2. The van der Waals surface area contributed by atoms with E-state index in [2.05, 4.69) is 0 Å². The van der Waals surface area contributed by atoms with Gasteiger partial charge in [0.05, 0.1) is 16.4 Å². The average molecular weight is 213 g/mol. The lowest BCUT2D eigenvalue weighted by Gasteiger charge is -2.01. The van der Waals surface area contributed by atoms with Crippen molar-refractivity contribution in [2.24, 2.45) is 0 Å². The average Bonchev–Trinajstić information content (AvgIpc) is 1.82. The minimum atomic E-state index is 0. The molecule has 4 N–H and O–H groups in total. The monoisotopic (exact) mass is 212 g/mol. The molecule has 1 rings (SSSR count). The molecule has 0 unspecified atom stereocenters. The summed E-state index contributed by atoms with van der Waals surface area (Å²) in [6.07, 6.45) is 0. The normalized spacial score (nSPS) is 8.91. The molecule has 0 aliphatic rings. The number of anilines is 2. The summed E-state index contributed by atoms with van der Waals surface area (Å²) in [5.41, 5.74) is 11.7. The van der Waals surface area contributed by atoms with Crippen LogP contribution in [-0.4, -0.2) is 0 Å². The van der Waals surface area contributed by atoms with Crippen molar-refractivity contribution >= 4 is 47.0 Å². The Labute approximate surface area is 80.9 Å². The van der Waals surface area contributed by atoms with Crippen molar-refractivity contribution in [1.29, 1.82) is 0 Å². The van der Waals surface area contributed by atoms with Gasteiger partial charge in [0.25, 0.3) is 0 Å². The van der Waals surface area contributed by atoms with Crippen LogP contribution in [0.4, 0.5) is 11.4 Å². The maximum atomic E-state index is 5.63. The second kappa shape index (κ2) is 3.90. The van der Waals surface area contributed by atoms with Crippen LogP contribution in [0.25, 0.3) is 0 Å². The minimum absolute atomic E-state index is 0. The van der Waals surface area contributed by atoms with Crippen LogP contribution in [0.5, 0.6) is 0 Å². The van der Waals surface area contributed by atoms with Gasteiger partial charge < -0.3 is 11.5 Å². The van der Waals surface area contributed by atoms with E-state index in [-0.39, 0.29) is 12.4 Å². The molecule has 0 fully saturated rings. The number of nitrogens with two attached hydrogens (primary N) is 2. The number of hydrogen-bond donors (Lipinski definition) is 2. The summed E-state index contributed by atoms with van der Waals surface area (Å²) in [6.45, 7) is 0. The molecule has 5 heteroatoms. The predicted molar refractivity (Wildman–Crippen MR) is 52.5 cm³/mol. The zero-order chi connectivity index (χ0) is 7.72. The highest BCUT2D eigenvalue weighted by atomic mass is 35.5. The first-order valence-corrected chi connectivity index (χ1v) is 3.37. The van der Waals surface area contributed by atoms with Gasteiger partial charge in [0, 0.05) is 5.02 Å². The molecule has 2 nitrogen and oxygen atoms in total. The number of rotatable bonds is 0. The molecule has 0 aromatic heterocycles. The molecule has 0 bridgehead atoms. The standard InChI is InChI=1S/C6H6Cl2N2.ClH/c7-3-1-4(8)6(10)5(9)2-3;/h1-2H,9-10H2;1H. The van der Waals surface area contributed by atoms with Crippen molar-refractivity contribution in [2.45, 2.75) is 0 Å². The SMILES string of the molecule is Cl.Nc1cc(Cl)cc(Cl)c1N. The lowest BCUT2D eigenvalue weighted by atomic mass is 10.3. The Hall–Kier alpha value is -0.310. The molecule has 1 aromatic rings. The Bertz CT molecular complexity index is 239. The van der Waals surface area contributed by atoms with Gasteiger partial charge in [-0.15, -0.1) is 12.4 Å². The van der Waals surface area contributed by atoms with Gasteiger partial charge in [-0.05, 0) is 12.1 Å². The predicted octanol–water partition coefficient (Wildman–Crippen LogP) is 2.58. The fraction of sp³-hybridized carbons (Fsp3) is 0. The van der Waals surface area contributed by atoms with Crippen LogP contribution < -0.4 is 11.5 Å². The molecule has 1 aromatic carbocycles. The lowest BCUT2D eigenvalue weighted by molar-refractivity contribution is 1.66. The molecule has 11 heavy (non-hydrogen) atoms. The van der Waals surface area contributed by atoms with E-state index in [9.17, 15) is 0 Å². The van der Waals surface area contributed by atoms with Crippen LogP contribution in [0.2, 0.25) is 10.0 Å². The molecule has 0 atom stereocenters. The molecule has 0 saturated carbocycles. The summed E-state index contributed by atoms with van der Waals surface area (Å²) in [5.74, 6) is 0. The van der Waals surface area contributed by atoms with Gasteiger partial charge in [-0.25, -0.2) is 0 Å². The van der Waals surface area contributed by atoms with E-state index in [1.54, 1.807) is 12.1 Å². The van der Waals surface area contributed by atoms with E-state index < -0.39 is 0 Å². The summed E-state index contributed by atoms with van der Waals surface area (Å²) in [6, 6.07) is 3.11. The molecule has 0 radical (unpaired) electrons. The molecule has 62 valence electrons. The summed E-state index contributed by atoms with van der Waals surface area (Å²) >= 11 is 11.2. The maximum absolute atomic E-state index is 5.63. The smallest absolute Gasteiger partial charge is 0.0738 e. The summed E-state index contributed by atoms with van der Waals surface area (Å²) in [5, 5.41) is 0.890. The molecule has 0 amide bonds. The summed E-state index contributed by atoms with van der Waals surface area (Å²) in [4.78, 5) is 0. The highest BCUT2D eigenvalue weighted by Gasteiger charge is 2.00. The third-order valence-corrected chi connectivity index (χ3v) is 1.66. The van der Waals surface area contributed by atoms with Crippen LogP contribution in [0, 0.1) is 0 Å². The Morgan fingerprint density at radius 3 is 2.09 bits per heavy atom. The lowest BCUT2D eigenvalue weighted by Crippen LogP contribution is -1.94. The maximum Gasteiger partial charge on any atom is 0.0738 e. The first-order valence-electron chi connectivity index (χ1n) is 2.61. The Morgan fingerprint density at radius 2 is 1.64 bits per heavy atom. The third-order valence-electron chi connectivity index (χ3n) is 1.13. The summed E-state index contributed by atoms with van der Waals surface area (Å²) in [7, 11) is 0. The Morgan fingerprint density at radius 1 is 1.09 bits per heavy atom. The Balaban J connectivity index is 0.000001000. The van der Waals surface area contributed by atoms with Gasteiger partial charge in [0.15, 0.2) is 0 Å². The highest BCUT2D eigenvalue weighted by molar-refractivity contribution is 6.37. The number of halogens is 3. The van der Waals surface area contributed by atoms with E-state index in [4.69, 9.17) is 34.7 Å². The second-order valence-electron chi connectivity index (χ2n) is 1.89. The van der Waals surface area contributed by atoms with Crippen LogP contribution in [0.15, 0.2) is 12.1 Å². The number of hydrogen-bond acceptors (Lipinski definition) is 2. The van der Waals surface area contributed by atoms with Crippen molar-refractivity contribution in [3.63, 3.8) is 0 Å². The number of nitrogen functional groups attached to an aromatic ring is 2. The quantitative estimate of drug-likeness (QED) is 0.651. The van der Waals surface area contributed by atoms with Gasteiger partial charge in [-0.2, -0.15) is 0 Å². The van der Waals surface area contributed by atoms with Crippen molar-refractivity contribution < 1.29 is 0 Å². The first-order chi connectivity index (χ1) is 4.61. The van der Waals surface area contributed by atoms with E-state index >= 15 is 0 Å². The van der Waals surface area contributed by atoms with E-state index in [1.165, 1.54) is 0 Å². The number of benzene rings is 1. The fourth-order valence-electron chi connectivity index (χ4n) is 0.605. The molecule has 0 heterocycles. The van der Waals surface area contributed by atoms with E-state index in [0.717, 1.165) is 0 Å². The van der Waals surface area contributed by atoms with E-state index in [0.29, 0.717) is 21.4 Å². The zero-order valence-corrected chi connectivity index (χ0v) is 7.80. The van der Waals surface area contributed by atoms with Crippen molar-refractivity contribution in [1.82, 2.24) is 0 Å². The van der Waals surface area contributed by atoms with Gasteiger partial charge in [0.1, 0.15) is 0 Å². The molecule has 0 saturated heterocycles. The summed E-state index contributed by atoms with van der Waals surface area (Å²) < 4.78 is 0. The molecule has 0 aliphatic carbocycles. The van der Waals surface area contributed by atoms with Gasteiger partial charge in [-0.3, -0.25) is 0 Å². The van der Waals surface area contributed by atoms with Crippen molar-refractivity contribution in [2.75, 3.05) is 11.5 Å². The van der Waals surface area contributed by atoms with Crippen molar-refractivity contribution in [3.05, 3.63) is 22.2 Å².